The van der Waals surface area contributed by atoms with E-state index in [9.17, 15) is 9.90 Å². The highest BCUT2D eigenvalue weighted by Gasteiger charge is 2.23. The van der Waals surface area contributed by atoms with Crippen molar-refractivity contribution in [3.8, 4) is 0 Å². The fourth-order valence-electron chi connectivity index (χ4n) is 1.57. The van der Waals surface area contributed by atoms with Crippen LogP contribution in [0.15, 0.2) is 0 Å². The van der Waals surface area contributed by atoms with Gasteiger partial charge in [0.2, 0.25) is 5.91 Å². The summed E-state index contributed by atoms with van der Waals surface area (Å²) in [6.45, 7) is 5.14. The predicted octanol–water partition coefficient (Wildman–Crippen LogP) is 0.689. The van der Waals surface area contributed by atoms with E-state index < -0.39 is 0 Å². The van der Waals surface area contributed by atoms with Crippen molar-refractivity contribution in [3.05, 3.63) is 0 Å². The van der Waals surface area contributed by atoms with E-state index in [2.05, 4.69) is 5.32 Å². The minimum atomic E-state index is -0.338. The lowest BCUT2D eigenvalue weighted by Gasteiger charge is -2.15. The van der Waals surface area contributed by atoms with Crippen LogP contribution in [0.2, 0.25) is 0 Å². The molecule has 0 saturated carbocycles. The standard InChI is InChI=1S/C11H21NO3/c1-8(2)9(13)5-6-12-11(14)10-4-3-7-15-10/h8-10,13H,3-7H2,1-2H3,(H,12,14). The number of carbonyl (C=O) groups excluding carboxylic acids is 1. The van der Waals surface area contributed by atoms with Gasteiger partial charge in [0.05, 0.1) is 6.10 Å². The fourth-order valence-corrected chi connectivity index (χ4v) is 1.57. The van der Waals surface area contributed by atoms with Crippen LogP contribution in [0.25, 0.3) is 0 Å². The van der Waals surface area contributed by atoms with Gasteiger partial charge in [-0.15, -0.1) is 0 Å². The van der Waals surface area contributed by atoms with Crippen LogP contribution in [0, 0.1) is 5.92 Å². The number of nitrogens with one attached hydrogen (secondary N) is 1. The van der Waals surface area contributed by atoms with Gasteiger partial charge in [0, 0.05) is 13.2 Å². The molecule has 4 nitrogen and oxygen atoms in total. The van der Waals surface area contributed by atoms with Gasteiger partial charge in [-0.2, -0.15) is 0 Å². The van der Waals surface area contributed by atoms with Crippen LogP contribution < -0.4 is 5.32 Å². The Balaban J connectivity index is 2.11. The van der Waals surface area contributed by atoms with Crippen molar-refractivity contribution in [2.24, 2.45) is 5.92 Å². The molecule has 0 spiro atoms. The molecule has 1 rings (SSSR count). The molecule has 2 unspecified atom stereocenters. The molecule has 0 radical (unpaired) electrons. The molecule has 1 saturated heterocycles. The smallest absolute Gasteiger partial charge is 0.249 e. The molecule has 0 aromatic rings. The number of aliphatic hydroxyl groups excluding tert-OH is 1. The Labute approximate surface area is 91.0 Å². The van der Waals surface area contributed by atoms with E-state index in [1.165, 1.54) is 0 Å². The zero-order valence-corrected chi connectivity index (χ0v) is 9.53. The van der Waals surface area contributed by atoms with Crippen LogP contribution in [-0.4, -0.2) is 36.4 Å². The lowest BCUT2D eigenvalue weighted by atomic mass is 10.0. The van der Waals surface area contributed by atoms with E-state index >= 15 is 0 Å². The number of aliphatic hydroxyl groups is 1. The Bertz CT molecular complexity index is 200. The highest BCUT2D eigenvalue weighted by molar-refractivity contribution is 5.80. The normalized spacial score (nSPS) is 23.1. The third-order valence-electron chi connectivity index (χ3n) is 2.73. The predicted molar refractivity (Wildman–Crippen MR) is 57.4 cm³/mol. The number of amides is 1. The summed E-state index contributed by atoms with van der Waals surface area (Å²) < 4.78 is 5.25. The Kier molecular flexibility index (Phi) is 5.05. The maximum Gasteiger partial charge on any atom is 0.249 e. The molecular formula is C11H21NO3. The Morgan fingerprint density at radius 2 is 2.33 bits per heavy atom. The quantitative estimate of drug-likeness (QED) is 0.709. The van der Waals surface area contributed by atoms with Crippen molar-refractivity contribution in [2.45, 2.75) is 45.3 Å². The number of hydrogen-bond donors (Lipinski definition) is 2. The monoisotopic (exact) mass is 215 g/mol. The second-order valence-corrected chi connectivity index (χ2v) is 4.39. The highest BCUT2D eigenvalue weighted by Crippen LogP contribution is 2.11. The lowest BCUT2D eigenvalue weighted by molar-refractivity contribution is -0.130. The summed E-state index contributed by atoms with van der Waals surface area (Å²) in [7, 11) is 0. The van der Waals surface area contributed by atoms with Crippen LogP contribution in [0.3, 0.4) is 0 Å². The fraction of sp³-hybridized carbons (Fsp3) is 0.909. The molecule has 1 amide bonds. The maximum absolute atomic E-state index is 11.5. The van der Waals surface area contributed by atoms with Gasteiger partial charge in [0.15, 0.2) is 0 Å². The number of ether oxygens (including phenoxy) is 1. The third-order valence-corrected chi connectivity index (χ3v) is 2.73. The maximum atomic E-state index is 11.5. The summed E-state index contributed by atoms with van der Waals surface area (Å²) >= 11 is 0. The molecule has 88 valence electrons. The minimum Gasteiger partial charge on any atom is -0.393 e. The van der Waals surface area contributed by atoms with Crippen LogP contribution >= 0.6 is 0 Å². The largest absolute Gasteiger partial charge is 0.393 e. The van der Waals surface area contributed by atoms with Gasteiger partial charge in [0.1, 0.15) is 6.10 Å². The van der Waals surface area contributed by atoms with Crippen molar-refractivity contribution < 1.29 is 14.6 Å². The van der Waals surface area contributed by atoms with E-state index in [4.69, 9.17) is 4.74 Å². The zero-order chi connectivity index (χ0) is 11.3. The summed E-state index contributed by atoms with van der Waals surface area (Å²) in [5.74, 6) is 0.202. The van der Waals surface area contributed by atoms with Crippen molar-refractivity contribution in [2.75, 3.05) is 13.2 Å². The molecule has 0 bridgehead atoms. The first-order chi connectivity index (χ1) is 7.11. The van der Waals surface area contributed by atoms with Crippen LogP contribution in [0.5, 0.6) is 0 Å². The molecule has 4 heteroatoms. The Morgan fingerprint density at radius 1 is 1.60 bits per heavy atom. The number of hydrogen-bond acceptors (Lipinski definition) is 3. The topological polar surface area (TPSA) is 58.6 Å². The Hall–Kier alpha value is -0.610. The SMILES string of the molecule is CC(C)C(O)CCNC(=O)C1CCCO1. The molecule has 1 aliphatic rings. The summed E-state index contributed by atoms with van der Waals surface area (Å²) in [5.41, 5.74) is 0. The minimum absolute atomic E-state index is 0.0385. The molecule has 2 N–H and O–H groups in total. The van der Waals surface area contributed by atoms with Gasteiger partial charge < -0.3 is 15.2 Å². The van der Waals surface area contributed by atoms with Crippen molar-refractivity contribution in [3.63, 3.8) is 0 Å². The summed E-state index contributed by atoms with van der Waals surface area (Å²) in [4.78, 5) is 11.5. The van der Waals surface area contributed by atoms with Crippen LogP contribution in [-0.2, 0) is 9.53 Å². The third kappa shape index (κ3) is 4.18. The van der Waals surface area contributed by atoms with E-state index in [1.54, 1.807) is 0 Å². The molecule has 15 heavy (non-hydrogen) atoms. The van der Waals surface area contributed by atoms with Gasteiger partial charge in [-0.1, -0.05) is 13.8 Å². The molecule has 0 aromatic heterocycles. The van der Waals surface area contributed by atoms with E-state index in [1.807, 2.05) is 13.8 Å². The summed E-state index contributed by atoms with van der Waals surface area (Å²) in [6, 6.07) is 0. The highest BCUT2D eigenvalue weighted by atomic mass is 16.5. The first-order valence-corrected chi connectivity index (χ1v) is 5.68. The average molecular weight is 215 g/mol. The molecular weight excluding hydrogens is 194 g/mol. The van der Waals surface area contributed by atoms with E-state index in [0.29, 0.717) is 19.6 Å². The Morgan fingerprint density at radius 3 is 2.87 bits per heavy atom. The summed E-state index contributed by atoms with van der Waals surface area (Å²) in [6.07, 6.45) is 1.79. The van der Waals surface area contributed by atoms with Gasteiger partial charge >= 0.3 is 0 Å². The molecule has 1 aliphatic heterocycles. The molecule has 2 atom stereocenters. The van der Waals surface area contributed by atoms with Gasteiger partial charge in [-0.3, -0.25) is 4.79 Å². The van der Waals surface area contributed by atoms with E-state index in [0.717, 1.165) is 12.8 Å². The first kappa shape index (κ1) is 12.5. The van der Waals surface area contributed by atoms with Gasteiger partial charge in [-0.05, 0) is 25.2 Å². The number of rotatable bonds is 5. The van der Waals surface area contributed by atoms with Gasteiger partial charge in [0.25, 0.3) is 0 Å². The molecule has 1 fully saturated rings. The van der Waals surface area contributed by atoms with Gasteiger partial charge in [-0.25, -0.2) is 0 Å². The second kappa shape index (κ2) is 6.08. The van der Waals surface area contributed by atoms with Crippen LogP contribution in [0.1, 0.15) is 33.1 Å². The van der Waals surface area contributed by atoms with E-state index in [-0.39, 0.29) is 24.0 Å². The molecule has 0 aliphatic carbocycles. The van der Waals surface area contributed by atoms with Crippen molar-refractivity contribution in [1.82, 2.24) is 5.32 Å². The number of carbonyl (C=O) groups is 1. The first-order valence-electron chi connectivity index (χ1n) is 5.68. The van der Waals surface area contributed by atoms with Crippen LogP contribution in [0.4, 0.5) is 0 Å². The van der Waals surface area contributed by atoms with Crippen molar-refractivity contribution >= 4 is 5.91 Å². The zero-order valence-electron chi connectivity index (χ0n) is 9.53. The average Bonchev–Trinajstić information content (AvgIpc) is 2.70. The molecule has 1 heterocycles. The second-order valence-electron chi connectivity index (χ2n) is 4.39. The van der Waals surface area contributed by atoms with Crippen molar-refractivity contribution in [1.29, 1.82) is 0 Å². The summed E-state index contributed by atoms with van der Waals surface area (Å²) in [5, 5.41) is 12.3. The molecule has 0 aromatic carbocycles. The lowest BCUT2D eigenvalue weighted by Crippen LogP contribution is -2.36.